The number of nitrogens with zero attached hydrogens (tertiary/aromatic N) is 2. The lowest BCUT2D eigenvalue weighted by Crippen LogP contribution is -2.23. The van der Waals surface area contributed by atoms with E-state index >= 15 is 0 Å². The van der Waals surface area contributed by atoms with Crippen molar-refractivity contribution in [1.82, 2.24) is 20.5 Å². The van der Waals surface area contributed by atoms with Crippen LogP contribution in [-0.4, -0.2) is 21.1 Å². The topological polar surface area (TPSA) is 93.0 Å². The van der Waals surface area contributed by atoms with Crippen LogP contribution >= 0.6 is 0 Å². The fraction of sp³-hybridized carbons (Fsp3) is 0.316. The van der Waals surface area contributed by atoms with E-state index in [-0.39, 0.29) is 35.9 Å². The van der Waals surface area contributed by atoms with Crippen LogP contribution in [0.4, 0.5) is 8.78 Å². The summed E-state index contributed by atoms with van der Waals surface area (Å²) >= 11 is 0. The van der Waals surface area contributed by atoms with Crippen molar-refractivity contribution in [3.63, 3.8) is 0 Å². The lowest BCUT2D eigenvalue weighted by Gasteiger charge is -2.13. The molecule has 28 heavy (non-hydrogen) atoms. The molecule has 0 radical (unpaired) electrons. The Morgan fingerprint density at radius 1 is 1.32 bits per heavy atom. The number of nitrogens with one attached hydrogen (secondary N) is 2. The van der Waals surface area contributed by atoms with E-state index in [1.54, 1.807) is 0 Å². The van der Waals surface area contributed by atoms with Crippen LogP contribution in [0.1, 0.15) is 48.5 Å². The number of H-pyrrole nitrogens is 1. The molecule has 0 unspecified atom stereocenters. The summed E-state index contributed by atoms with van der Waals surface area (Å²) in [5.41, 5.74) is 1.60. The van der Waals surface area contributed by atoms with E-state index in [0.29, 0.717) is 0 Å². The summed E-state index contributed by atoms with van der Waals surface area (Å²) in [5.74, 6) is -2.76. The van der Waals surface area contributed by atoms with Gasteiger partial charge in [-0.3, -0.25) is 9.89 Å². The van der Waals surface area contributed by atoms with Gasteiger partial charge >= 0.3 is 0 Å². The number of hydrogen-bond acceptors (Lipinski definition) is 5. The lowest BCUT2D eigenvalue weighted by atomic mass is 9.92. The molecular weight excluding hydrogens is 370 g/mol. The molecule has 0 saturated carbocycles. The van der Waals surface area contributed by atoms with Crippen LogP contribution in [0.25, 0.3) is 0 Å². The second-order valence-electron chi connectivity index (χ2n) is 7.18. The average molecular weight is 390 g/mol. The lowest BCUT2D eigenvalue weighted by molar-refractivity contribution is 0.0945. The number of halogens is 2. The van der Waals surface area contributed by atoms with E-state index in [4.69, 9.17) is 9.15 Å². The summed E-state index contributed by atoms with van der Waals surface area (Å²) in [6, 6.07) is 5.48. The van der Waals surface area contributed by atoms with Crippen LogP contribution in [-0.2, 0) is 18.6 Å². The number of ether oxygens (including phenoxy) is 1. The number of amides is 1. The van der Waals surface area contributed by atoms with Crippen molar-refractivity contribution < 1.29 is 22.7 Å². The van der Waals surface area contributed by atoms with Crippen molar-refractivity contribution >= 4 is 5.91 Å². The Bertz CT molecular complexity index is 976. The average Bonchev–Trinajstić information content (AvgIpc) is 3.30. The van der Waals surface area contributed by atoms with E-state index in [0.717, 1.165) is 17.5 Å². The minimum absolute atomic E-state index is 0.0499. The van der Waals surface area contributed by atoms with Gasteiger partial charge in [0.05, 0.1) is 17.9 Å². The van der Waals surface area contributed by atoms with Gasteiger partial charge in [-0.2, -0.15) is 9.49 Å². The van der Waals surface area contributed by atoms with E-state index < -0.39 is 17.5 Å². The van der Waals surface area contributed by atoms with Gasteiger partial charge in [-0.25, -0.2) is 9.37 Å². The molecule has 1 amide bonds. The van der Waals surface area contributed by atoms with Crippen molar-refractivity contribution in [3.8, 4) is 5.75 Å². The molecule has 9 heteroatoms. The Morgan fingerprint density at radius 3 is 2.82 bits per heavy atom. The first-order chi connectivity index (χ1) is 13.2. The van der Waals surface area contributed by atoms with Crippen molar-refractivity contribution in [2.45, 2.75) is 39.3 Å². The molecule has 2 N–H and O–H groups in total. The normalized spacial score (nSPS) is 11.5. The van der Waals surface area contributed by atoms with E-state index in [1.807, 2.05) is 26.8 Å². The van der Waals surface area contributed by atoms with Crippen LogP contribution in [0.3, 0.4) is 0 Å². The minimum atomic E-state index is -1.10. The molecule has 0 bridgehead atoms. The van der Waals surface area contributed by atoms with Crippen molar-refractivity contribution in [2.24, 2.45) is 0 Å². The molecular formula is C19H20F2N4O3. The summed E-state index contributed by atoms with van der Waals surface area (Å²) in [7, 11) is 0. The summed E-state index contributed by atoms with van der Waals surface area (Å²) in [5, 5.41) is 9.80. The third kappa shape index (κ3) is 4.54. The highest BCUT2D eigenvalue weighted by atomic mass is 19.2. The molecule has 0 spiro atoms. The van der Waals surface area contributed by atoms with Gasteiger partial charge in [-0.15, -0.1) is 0 Å². The van der Waals surface area contributed by atoms with Crippen LogP contribution in [0.15, 0.2) is 34.9 Å². The summed E-state index contributed by atoms with van der Waals surface area (Å²) in [6.45, 7) is 6.12. The largest absolute Gasteiger partial charge is 0.481 e. The van der Waals surface area contributed by atoms with Gasteiger partial charge in [-0.05, 0) is 18.2 Å². The molecule has 2 aromatic heterocycles. The predicted octanol–water partition coefficient (Wildman–Crippen LogP) is 3.48. The van der Waals surface area contributed by atoms with Crippen LogP contribution in [0, 0.1) is 11.6 Å². The third-order valence-electron chi connectivity index (χ3n) is 3.89. The number of rotatable bonds is 6. The Kier molecular flexibility index (Phi) is 5.43. The van der Waals surface area contributed by atoms with Gasteiger partial charge in [0.15, 0.2) is 23.9 Å². The third-order valence-corrected chi connectivity index (χ3v) is 3.89. The highest BCUT2D eigenvalue weighted by molar-refractivity contribution is 5.91. The number of oxazole rings is 1. The monoisotopic (exact) mass is 390 g/mol. The smallest absolute Gasteiger partial charge is 0.273 e. The Labute approximate surface area is 160 Å². The van der Waals surface area contributed by atoms with Gasteiger partial charge in [-0.1, -0.05) is 26.8 Å². The second-order valence-corrected chi connectivity index (χ2v) is 7.18. The molecule has 0 fully saturated rings. The zero-order valence-electron chi connectivity index (χ0n) is 15.7. The number of aromatic nitrogens is 3. The Morgan fingerprint density at radius 2 is 2.11 bits per heavy atom. The SMILES string of the molecule is CC(C)(C)c1cc(CNC(=O)c2coc(COc3cccc(F)c3F)n2)[nH]n1. The van der Waals surface area contributed by atoms with Crippen molar-refractivity contribution in [3.05, 3.63) is 65.1 Å². The van der Waals surface area contributed by atoms with Crippen molar-refractivity contribution in [2.75, 3.05) is 0 Å². The van der Waals surface area contributed by atoms with E-state index in [2.05, 4.69) is 20.5 Å². The molecule has 7 nitrogen and oxygen atoms in total. The molecule has 0 aliphatic heterocycles. The number of carbonyl (C=O) groups is 1. The van der Waals surface area contributed by atoms with Crippen LogP contribution in [0.2, 0.25) is 0 Å². The van der Waals surface area contributed by atoms with E-state index in [9.17, 15) is 13.6 Å². The molecule has 0 saturated heterocycles. The molecule has 3 rings (SSSR count). The molecule has 0 atom stereocenters. The first-order valence-electron chi connectivity index (χ1n) is 8.58. The highest BCUT2D eigenvalue weighted by Gasteiger charge is 2.18. The second kappa shape index (κ2) is 7.79. The zero-order valence-corrected chi connectivity index (χ0v) is 15.7. The maximum Gasteiger partial charge on any atom is 0.273 e. The van der Waals surface area contributed by atoms with Crippen LogP contribution < -0.4 is 10.1 Å². The highest BCUT2D eigenvalue weighted by Crippen LogP contribution is 2.21. The molecule has 2 heterocycles. The summed E-state index contributed by atoms with van der Waals surface area (Å²) in [4.78, 5) is 16.2. The molecule has 3 aromatic rings. The van der Waals surface area contributed by atoms with Gasteiger partial charge in [0.1, 0.15) is 6.26 Å². The van der Waals surface area contributed by atoms with Gasteiger partial charge < -0.3 is 14.5 Å². The first-order valence-corrected chi connectivity index (χ1v) is 8.58. The number of aromatic amines is 1. The molecule has 148 valence electrons. The Hall–Kier alpha value is -3.23. The standard InChI is InChI=1S/C19H20F2N4O3/c1-19(2,3)15-7-11(24-25-15)8-22-18(26)13-9-28-16(23-13)10-27-14-6-4-5-12(20)17(14)21/h4-7,9H,8,10H2,1-3H3,(H,22,26)(H,24,25). The fourth-order valence-electron chi connectivity index (χ4n) is 2.32. The molecule has 0 aliphatic carbocycles. The maximum absolute atomic E-state index is 13.6. The van der Waals surface area contributed by atoms with E-state index in [1.165, 1.54) is 18.4 Å². The quantitative estimate of drug-likeness (QED) is 0.672. The van der Waals surface area contributed by atoms with Gasteiger partial charge in [0.25, 0.3) is 5.91 Å². The van der Waals surface area contributed by atoms with Crippen molar-refractivity contribution in [1.29, 1.82) is 0 Å². The van der Waals surface area contributed by atoms with Gasteiger partial charge in [0, 0.05) is 5.41 Å². The summed E-state index contributed by atoms with van der Waals surface area (Å²) in [6.07, 6.45) is 1.17. The van der Waals surface area contributed by atoms with Crippen LogP contribution in [0.5, 0.6) is 5.75 Å². The number of hydrogen-bond donors (Lipinski definition) is 2. The predicted molar refractivity (Wildman–Crippen MR) is 95.7 cm³/mol. The number of benzene rings is 1. The van der Waals surface area contributed by atoms with Gasteiger partial charge in [0.2, 0.25) is 11.7 Å². The number of carbonyl (C=O) groups excluding carboxylic acids is 1. The zero-order chi connectivity index (χ0) is 20.3. The minimum Gasteiger partial charge on any atom is -0.481 e. The summed E-state index contributed by atoms with van der Waals surface area (Å²) < 4.78 is 37.0. The Balaban J connectivity index is 1.55. The first kappa shape index (κ1) is 19.5. The molecule has 0 aliphatic rings. The molecule has 1 aromatic carbocycles. The fourth-order valence-corrected chi connectivity index (χ4v) is 2.32. The maximum atomic E-state index is 13.6.